The number of hydrogen-bond acceptors (Lipinski definition) is 4. The van der Waals surface area contributed by atoms with Crippen molar-refractivity contribution in [2.75, 3.05) is 0 Å². The Morgan fingerprint density at radius 1 is 1.04 bits per heavy atom. The Labute approximate surface area is 134 Å². The monoisotopic (exact) mass is 334 g/mol. The summed E-state index contributed by atoms with van der Waals surface area (Å²) in [5.41, 5.74) is 0.711. The number of carbonyl (C=O) groups excluding carboxylic acids is 2. The highest BCUT2D eigenvalue weighted by Crippen LogP contribution is 2.32. The molecule has 0 aliphatic carbocycles. The second kappa shape index (κ2) is 6.02. The summed E-state index contributed by atoms with van der Waals surface area (Å²) in [5.74, 6) is -0.635. The van der Waals surface area contributed by atoms with Crippen molar-refractivity contribution < 1.29 is 27.1 Å². The molecular weight excluding hydrogens is 318 g/mol. The van der Waals surface area contributed by atoms with E-state index in [1.165, 1.54) is 42.7 Å². The Hall–Kier alpha value is -2.38. The van der Waals surface area contributed by atoms with Crippen molar-refractivity contribution in [3.8, 4) is 11.1 Å². The van der Waals surface area contributed by atoms with Gasteiger partial charge in [-0.15, -0.1) is 0 Å². The molecule has 0 aliphatic rings. The third-order valence-electron chi connectivity index (χ3n) is 3.47. The molecule has 0 radical (unpaired) electrons. The van der Waals surface area contributed by atoms with Crippen LogP contribution in [0.2, 0.25) is 0 Å². The summed E-state index contributed by atoms with van der Waals surface area (Å²) in [7, 11) is -2.89. The molecule has 0 spiro atoms. The first-order valence-corrected chi connectivity index (χ1v) is 8.20. The summed E-state index contributed by atoms with van der Waals surface area (Å²) in [6, 6.07) is 7.23. The topological polar surface area (TPSA) is 92.4 Å². The summed E-state index contributed by atoms with van der Waals surface area (Å²) >= 11 is 0. The summed E-state index contributed by atoms with van der Waals surface area (Å²) in [6.45, 7) is 2.66. The van der Waals surface area contributed by atoms with Crippen molar-refractivity contribution in [3.05, 3.63) is 47.8 Å². The number of benzene rings is 1. The Bertz CT molecular complexity index is 916. The molecule has 0 atom stereocenters. The number of nitrogens with zero attached hydrogens (tertiary/aromatic N) is 1. The van der Waals surface area contributed by atoms with Gasteiger partial charge in [0.15, 0.2) is 12.0 Å². The van der Waals surface area contributed by atoms with E-state index in [9.17, 15) is 22.6 Å². The molecule has 1 aromatic heterocycles. The van der Waals surface area contributed by atoms with Gasteiger partial charge in [0.2, 0.25) is 5.78 Å². The lowest BCUT2D eigenvalue weighted by atomic mass is 9.94. The number of ketones is 2. The van der Waals surface area contributed by atoms with Gasteiger partial charge in [-0.05, 0) is 13.0 Å². The number of carbonyl (C=O) groups is 2. The number of aryl methyl sites for hydroxylation is 1. The van der Waals surface area contributed by atoms with Crippen molar-refractivity contribution >= 4 is 21.7 Å². The second-order valence-electron chi connectivity index (χ2n) is 5.15. The van der Waals surface area contributed by atoms with Gasteiger partial charge in [0.25, 0.3) is 15.8 Å². The summed E-state index contributed by atoms with van der Waals surface area (Å²) in [6.07, 6.45) is 1.56. The van der Waals surface area contributed by atoms with E-state index in [4.69, 9.17) is 0 Å². The summed E-state index contributed by atoms with van der Waals surface area (Å²) < 4.78 is 34.3. The molecule has 0 saturated heterocycles. The minimum atomic E-state index is -4.51. The molecule has 1 aromatic carbocycles. The van der Waals surface area contributed by atoms with Crippen molar-refractivity contribution in [3.63, 3.8) is 0 Å². The molecule has 0 unspecified atom stereocenters. The molecule has 0 saturated carbocycles. The van der Waals surface area contributed by atoms with Crippen molar-refractivity contribution in [1.82, 2.24) is 0 Å². The fourth-order valence-corrected chi connectivity index (χ4v) is 3.24. The van der Waals surface area contributed by atoms with Crippen molar-refractivity contribution in [1.29, 1.82) is 0 Å². The lowest BCUT2D eigenvalue weighted by molar-refractivity contribution is -0.672. The van der Waals surface area contributed by atoms with Gasteiger partial charge in [0.1, 0.15) is 11.9 Å². The molecule has 0 fully saturated rings. The smallest absolute Gasteiger partial charge is 0.294 e. The normalized spacial score (nSPS) is 11.3. The maximum Gasteiger partial charge on any atom is 0.295 e. The first-order chi connectivity index (χ1) is 10.6. The van der Waals surface area contributed by atoms with Gasteiger partial charge in [-0.25, -0.2) is 0 Å². The molecule has 6 nitrogen and oxygen atoms in total. The maximum atomic E-state index is 12.1. The molecule has 0 aliphatic heterocycles. The van der Waals surface area contributed by atoms with Gasteiger partial charge < -0.3 is 0 Å². The van der Waals surface area contributed by atoms with Crippen LogP contribution >= 0.6 is 0 Å². The van der Waals surface area contributed by atoms with Crippen molar-refractivity contribution in [2.24, 2.45) is 7.05 Å². The first kappa shape index (κ1) is 17.0. The standard InChI is InChI=1S/C16H15NO5S/c1-10(18)12-8-9-17(3)16(11(2)19)15(12)13-6-4-5-7-14(13)23(20,21)22/h4-9H,1-3H3/p+1. The summed E-state index contributed by atoms with van der Waals surface area (Å²) in [5, 5.41) is 0. The van der Waals surface area contributed by atoms with Crippen LogP contribution in [0, 0.1) is 0 Å². The molecule has 1 heterocycles. The summed E-state index contributed by atoms with van der Waals surface area (Å²) in [4.78, 5) is 23.7. The predicted octanol–water partition coefficient (Wildman–Crippen LogP) is 1.83. The van der Waals surface area contributed by atoms with Gasteiger partial charge in [-0.3, -0.25) is 14.1 Å². The lowest BCUT2D eigenvalue weighted by Crippen LogP contribution is -2.36. The van der Waals surface area contributed by atoms with E-state index in [1.54, 1.807) is 19.3 Å². The number of hydrogen-bond donors (Lipinski definition) is 1. The van der Waals surface area contributed by atoms with Crippen LogP contribution in [0.5, 0.6) is 0 Å². The van der Waals surface area contributed by atoms with E-state index >= 15 is 0 Å². The van der Waals surface area contributed by atoms with E-state index in [1.807, 2.05) is 0 Å². The van der Waals surface area contributed by atoms with Crippen LogP contribution in [0.1, 0.15) is 34.7 Å². The minimum absolute atomic E-state index is 0.113. The van der Waals surface area contributed by atoms with Crippen LogP contribution in [0.15, 0.2) is 41.4 Å². The lowest BCUT2D eigenvalue weighted by Gasteiger charge is -2.12. The Kier molecular flexibility index (Phi) is 4.44. The van der Waals surface area contributed by atoms with E-state index < -0.39 is 10.1 Å². The van der Waals surface area contributed by atoms with Crippen LogP contribution in [0.25, 0.3) is 11.1 Å². The average Bonchev–Trinajstić information content (AvgIpc) is 2.45. The molecule has 120 valence electrons. The Balaban J connectivity index is 3.02. The quantitative estimate of drug-likeness (QED) is 0.523. The van der Waals surface area contributed by atoms with Crippen LogP contribution in [-0.2, 0) is 17.2 Å². The predicted molar refractivity (Wildman–Crippen MR) is 82.9 cm³/mol. The van der Waals surface area contributed by atoms with E-state index in [-0.39, 0.29) is 38.8 Å². The van der Waals surface area contributed by atoms with E-state index in [0.717, 1.165) is 0 Å². The highest BCUT2D eigenvalue weighted by atomic mass is 32.2. The molecule has 0 amide bonds. The van der Waals surface area contributed by atoms with Gasteiger partial charge in [-0.1, -0.05) is 18.2 Å². The zero-order valence-electron chi connectivity index (χ0n) is 12.9. The number of Topliss-reactive ketones (excluding diaryl/α,β-unsaturated/α-hetero) is 2. The van der Waals surface area contributed by atoms with Crippen LogP contribution in [0.4, 0.5) is 0 Å². The highest BCUT2D eigenvalue weighted by Gasteiger charge is 2.29. The van der Waals surface area contributed by atoms with E-state index in [0.29, 0.717) is 0 Å². The fraction of sp³-hybridized carbons (Fsp3) is 0.188. The van der Waals surface area contributed by atoms with Crippen molar-refractivity contribution in [2.45, 2.75) is 18.7 Å². The largest absolute Gasteiger partial charge is 0.295 e. The average molecular weight is 334 g/mol. The van der Waals surface area contributed by atoms with Crippen LogP contribution < -0.4 is 4.57 Å². The first-order valence-electron chi connectivity index (χ1n) is 6.76. The maximum absolute atomic E-state index is 12.1. The molecule has 2 aromatic rings. The third-order valence-corrected chi connectivity index (χ3v) is 4.38. The SMILES string of the molecule is CC(=O)c1cc[n+](C)c(C(C)=O)c1-c1ccccc1S(=O)(=O)O. The van der Waals surface area contributed by atoms with Crippen LogP contribution in [-0.4, -0.2) is 24.5 Å². The minimum Gasteiger partial charge on any atom is -0.294 e. The Morgan fingerprint density at radius 2 is 1.65 bits per heavy atom. The van der Waals surface area contributed by atoms with Gasteiger partial charge in [-0.2, -0.15) is 13.0 Å². The third kappa shape index (κ3) is 3.20. The zero-order valence-corrected chi connectivity index (χ0v) is 13.7. The van der Waals surface area contributed by atoms with Gasteiger partial charge >= 0.3 is 0 Å². The zero-order chi connectivity index (χ0) is 17.4. The molecule has 23 heavy (non-hydrogen) atoms. The van der Waals surface area contributed by atoms with E-state index in [2.05, 4.69) is 0 Å². The fourth-order valence-electron chi connectivity index (χ4n) is 2.54. The van der Waals surface area contributed by atoms with Crippen LogP contribution in [0.3, 0.4) is 0 Å². The molecule has 2 rings (SSSR count). The number of aromatic nitrogens is 1. The molecular formula is C16H16NO5S+. The number of pyridine rings is 1. The molecule has 7 heteroatoms. The molecule has 1 N–H and O–H groups in total. The van der Waals surface area contributed by atoms with Gasteiger partial charge in [0.05, 0.1) is 5.56 Å². The Morgan fingerprint density at radius 3 is 2.17 bits per heavy atom. The molecule has 0 bridgehead atoms. The van der Waals surface area contributed by atoms with Gasteiger partial charge in [0, 0.05) is 24.1 Å². The number of rotatable bonds is 4. The highest BCUT2D eigenvalue weighted by molar-refractivity contribution is 7.86. The second-order valence-corrected chi connectivity index (χ2v) is 6.54.